The highest BCUT2D eigenvalue weighted by Crippen LogP contribution is 2.53. The van der Waals surface area contributed by atoms with Crippen LogP contribution < -0.4 is 10.1 Å². The van der Waals surface area contributed by atoms with E-state index in [0.717, 1.165) is 48.1 Å². The summed E-state index contributed by atoms with van der Waals surface area (Å²) in [6, 6.07) is 14.5. The van der Waals surface area contributed by atoms with Gasteiger partial charge in [-0.25, -0.2) is 8.42 Å². The Labute approximate surface area is 307 Å². The van der Waals surface area contributed by atoms with Gasteiger partial charge in [-0.1, -0.05) is 35.9 Å². The number of rotatable bonds is 17. The van der Waals surface area contributed by atoms with Crippen LogP contribution >= 0.6 is 11.6 Å². The molecule has 6 N–H and O–H groups in total. The van der Waals surface area contributed by atoms with Crippen molar-refractivity contribution in [1.82, 2.24) is 14.6 Å². The summed E-state index contributed by atoms with van der Waals surface area (Å²) in [4.78, 5) is 16.8. The lowest BCUT2D eigenvalue weighted by atomic mass is 9.96. The molecule has 13 nitrogen and oxygen atoms in total. The number of hydrogen-bond donors (Lipinski definition) is 6. The minimum atomic E-state index is -3.90. The fraction of sp³-hybridized carbons (Fsp3) is 0.459. The van der Waals surface area contributed by atoms with Crippen molar-refractivity contribution in [1.29, 1.82) is 0 Å². The summed E-state index contributed by atoms with van der Waals surface area (Å²) in [6.07, 6.45) is 3.86. The van der Waals surface area contributed by atoms with E-state index in [9.17, 15) is 33.6 Å². The number of benzene rings is 2. The number of hydrogen-bond acceptors (Lipinski definition) is 11. The number of nitrogens with zero attached hydrogens (tertiary/aromatic N) is 2. The van der Waals surface area contributed by atoms with E-state index >= 15 is 0 Å². The molecular weight excluding hydrogens is 714 g/mol. The number of carbonyl (C=O) groups excluding carboxylic acids is 1. The molecule has 2 saturated carbocycles. The fourth-order valence-electron chi connectivity index (χ4n) is 6.24. The molecule has 1 aromatic heterocycles. The number of aliphatic hydroxyl groups excluding tert-OH is 5. The number of ether oxygens (including phenoxy) is 2. The molecule has 0 bridgehead atoms. The maximum absolute atomic E-state index is 13.7. The molecule has 280 valence electrons. The van der Waals surface area contributed by atoms with Crippen molar-refractivity contribution >= 4 is 27.5 Å². The van der Waals surface area contributed by atoms with E-state index in [1.54, 1.807) is 24.4 Å². The average Bonchev–Trinajstić information content (AvgIpc) is 4.09. The largest absolute Gasteiger partial charge is 0.490 e. The van der Waals surface area contributed by atoms with Crippen LogP contribution in [0.2, 0.25) is 5.02 Å². The molecule has 0 radical (unpaired) electrons. The number of sulfonamides is 1. The standard InChI is InChI=1S/C37H44ClN3O10S/c38-30-9-8-26(52(48,49)41-16-12-23(20-41)5-10-34(45)40-19-31(43)35(46)36(47)32(44)21-42)17-24(30)22-50-37(13-14-37)29-18-39-15-11-27(29)28-3-1-2-4-33(28)51-25-6-7-25/h1-5,8-11,15,17-18,23,25,31-32,35-36,42-44,46-47H,6-7,12-14,16,19-22H2,(H,40,45)/t23?,31-,32+,35+,36+/m0/s1. The molecule has 1 saturated heterocycles. The number of para-hydroxylation sites is 1. The van der Waals surface area contributed by atoms with Gasteiger partial charge in [-0.15, -0.1) is 0 Å². The van der Waals surface area contributed by atoms with Gasteiger partial charge in [0.1, 0.15) is 24.1 Å². The van der Waals surface area contributed by atoms with Gasteiger partial charge >= 0.3 is 0 Å². The maximum Gasteiger partial charge on any atom is 0.243 e. The molecule has 52 heavy (non-hydrogen) atoms. The van der Waals surface area contributed by atoms with Crippen molar-refractivity contribution in [3.05, 3.63) is 89.2 Å². The first-order valence-electron chi connectivity index (χ1n) is 17.3. The van der Waals surface area contributed by atoms with Crippen LogP contribution in [0.4, 0.5) is 0 Å². The highest BCUT2D eigenvalue weighted by molar-refractivity contribution is 7.89. The Morgan fingerprint density at radius 3 is 2.52 bits per heavy atom. The van der Waals surface area contributed by atoms with Crippen LogP contribution in [0.15, 0.2) is 78.0 Å². The predicted octanol–water partition coefficient (Wildman–Crippen LogP) is 2.27. The third-order valence-corrected chi connectivity index (χ3v) is 11.9. The number of halogens is 1. The summed E-state index contributed by atoms with van der Waals surface area (Å²) in [5.74, 6) is -0.0340. The number of aromatic nitrogens is 1. The molecule has 5 atom stereocenters. The zero-order valence-electron chi connectivity index (χ0n) is 28.4. The van der Waals surface area contributed by atoms with E-state index in [4.69, 9.17) is 26.2 Å². The first-order valence-corrected chi connectivity index (χ1v) is 19.2. The Balaban J connectivity index is 1.07. The Hall–Kier alpha value is -3.44. The number of nitrogens with one attached hydrogen (secondary N) is 1. The third kappa shape index (κ3) is 8.84. The Kier molecular flexibility index (Phi) is 12.0. The quantitative estimate of drug-likeness (QED) is 0.111. The minimum Gasteiger partial charge on any atom is -0.490 e. The Morgan fingerprint density at radius 1 is 1.04 bits per heavy atom. The van der Waals surface area contributed by atoms with Crippen LogP contribution in [0, 0.1) is 5.92 Å². The van der Waals surface area contributed by atoms with Gasteiger partial charge in [0.2, 0.25) is 15.9 Å². The van der Waals surface area contributed by atoms with Crippen molar-refractivity contribution in [3.8, 4) is 16.9 Å². The summed E-state index contributed by atoms with van der Waals surface area (Å²) in [5, 5.41) is 50.7. The van der Waals surface area contributed by atoms with Gasteiger partial charge < -0.3 is 40.3 Å². The molecular formula is C37H44ClN3O10S. The molecule has 3 aliphatic rings. The smallest absolute Gasteiger partial charge is 0.243 e. The lowest BCUT2D eigenvalue weighted by molar-refractivity contribution is -0.122. The summed E-state index contributed by atoms with van der Waals surface area (Å²) in [6.45, 7) is -0.775. The van der Waals surface area contributed by atoms with E-state index < -0.39 is 59.1 Å². The van der Waals surface area contributed by atoms with E-state index in [2.05, 4.69) is 10.3 Å². The molecule has 1 amide bonds. The Bertz CT molecular complexity index is 1870. The SMILES string of the molecule is O=C(C=CC1CCN(S(=O)(=O)c2ccc(Cl)c(COC3(c4cnccc4-c4ccccc4OC4CC4)CC3)c2)C1)NC[C@H](O)[C@@H](O)[C@H](O)[C@H](O)CO. The van der Waals surface area contributed by atoms with E-state index in [1.807, 2.05) is 36.5 Å². The molecule has 1 unspecified atom stereocenters. The third-order valence-electron chi connectivity index (χ3n) is 9.69. The van der Waals surface area contributed by atoms with Gasteiger partial charge in [0, 0.05) is 48.2 Å². The van der Waals surface area contributed by atoms with E-state index in [1.165, 1.54) is 16.4 Å². The van der Waals surface area contributed by atoms with Crippen molar-refractivity contribution in [2.75, 3.05) is 26.2 Å². The first kappa shape index (κ1) is 38.3. The van der Waals surface area contributed by atoms with Crippen LogP contribution in [-0.4, -0.2) is 106 Å². The molecule has 2 heterocycles. The first-order chi connectivity index (χ1) is 24.9. The topological polar surface area (TPSA) is 199 Å². The van der Waals surface area contributed by atoms with Crippen molar-refractivity contribution in [2.24, 2.45) is 5.92 Å². The van der Waals surface area contributed by atoms with Gasteiger partial charge in [-0.2, -0.15) is 4.31 Å². The highest BCUT2D eigenvalue weighted by atomic mass is 35.5. The van der Waals surface area contributed by atoms with Crippen molar-refractivity contribution in [2.45, 2.75) is 79.7 Å². The van der Waals surface area contributed by atoms with Gasteiger partial charge in [0.25, 0.3) is 0 Å². The lowest BCUT2D eigenvalue weighted by Gasteiger charge is -2.25. The second kappa shape index (κ2) is 16.3. The molecule has 3 fully saturated rings. The number of pyridine rings is 1. The zero-order valence-corrected chi connectivity index (χ0v) is 30.0. The van der Waals surface area contributed by atoms with Crippen molar-refractivity contribution in [3.63, 3.8) is 0 Å². The predicted molar refractivity (Wildman–Crippen MR) is 191 cm³/mol. The highest BCUT2D eigenvalue weighted by Gasteiger charge is 2.48. The summed E-state index contributed by atoms with van der Waals surface area (Å²) in [5.41, 5.74) is 2.83. The monoisotopic (exact) mass is 757 g/mol. The fourth-order valence-corrected chi connectivity index (χ4v) is 7.98. The molecule has 6 rings (SSSR count). The number of aliphatic hydroxyl groups is 5. The molecule has 15 heteroatoms. The van der Waals surface area contributed by atoms with Gasteiger partial charge in [0.05, 0.1) is 35.9 Å². The summed E-state index contributed by atoms with van der Waals surface area (Å²) in [7, 11) is -3.90. The maximum atomic E-state index is 13.7. The lowest BCUT2D eigenvalue weighted by Crippen LogP contribution is -2.49. The van der Waals surface area contributed by atoms with Gasteiger partial charge in [0.15, 0.2) is 0 Å². The second-order valence-electron chi connectivity index (χ2n) is 13.6. The summed E-state index contributed by atoms with van der Waals surface area (Å²) >= 11 is 6.57. The van der Waals surface area contributed by atoms with Crippen molar-refractivity contribution < 1.29 is 48.2 Å². The van der Waals surface area contributed by atoms with E-state index in [-0.39, 0.29) is 36.6 Å². The van der Waals surface area contributed by atoms with Crippen LogP contribution in [0.5, 0.6) is 5.75 Å². The van der Waals surface area contributed by atoms with E-state index in [0.29, 0.717) is 17.0 Å². The van der Waals surface area contributed by atoms with Gasteiger partial charge in [-0.3, -0.25) is 9.78 Å². The second-order valence-corrected chi connectivity index (χ2v) is 15.9. The normalized spacial score (nSPS) is 21.1. The number of amides is 1. The molecule has 3 aromatic rings. The summed E-state index contributed by atoms with van der Waals surface area (Å²) < 4.78 is 41.5. The molecule has 1 aliphatic heterocycles. The van der Waals surface area contributed by atoms with Crippen LogP contribution in [0.25, 0.3) is 11.1 Å². The molecule has 0 spiro atoms. The molecule has 2 aromatic carbocycles. The number of carbonyl (C=O) groups is 1. The Morgan fingerprint density at radius 2 is 1.79 bits per heavy atom. The zero-order chi connectivity index (χ0) is 37.0. The van der Waals surface area contributed by atoms with Crippen LogP contribution in [0.3, 0.4) is 0 Å². The van der Waals surface area contributed by atoms with Crippen LogP contribution in [-0.2, 0) is 31.8 Å². The average molecular weight is 758 g/mol. The molecule has 2 aliphatic carbocycles. The van der Waals surface area contributed by atoms with Gasteiger partial charge in [-0.05, 0) is 85.6 Å². The minimum absolute atomic E-state index is 0.0805. The van der Waals surface area contributed by atoms with Crippen LogP contribution in [0.1, 0.15) is 43.2 Å².